The minimum absolute atomic E-state index is 0.0741. The molecule has 3 aromatic rings. The molecule has 6 heteroatoms. The van der Waals surface area contributed by atoms with Crippen LogP contribution in [-0.4, -0.2) is 33.7 Å². The number of fused-ring (bicyclic) bond motifs is 6. The van der Waals surface area contributed by atoms with Gasteiger partial charge in [0.1, 0.15) is 11.6 Å². The van der Waals surface area contributed by atoms with Crippen LogP contribution in [0.3, 0.4) is 0 Å². The Balaban J connectivity index is 0.000000147. The Labute approximate surface area is 270 Å². The SMILES string of the molecule is O=C(O)c1cc(-c2ccccc2)c(C(=O)O)cc1-c1ccccc1.O=C1C2CCCCC2C2CC3C(=O)C4CCCCC4C3CC12. The minimum Gasteiger partial charge on any atom is -0.478 e. The maximum atomic E-state index is 12.9. The van der Waals surface area contributed by atoms with Crippen LogP contribution >= 0.6 is 0 Å². The van der Waals surface area contributed by atoms with Crippen molar-refractivity contribution >= 4 is 23.5 Å². The number of aromatic carboxylic acids is 2. The number of carboxylic acid groups (broad SMARTS) is 2. The quantitative estimate of drug-likeness (QED) is 0.304. The third-order valence-electron chi connectivity index (χ3n) is 12.1. The molecule has 238 valence electrons. The van der Waals surface area contributed by atoms with Gasteiger partial charge in [-0.1, -0.05) is 86.3 Å². The van der Waals surface area contributed by atoms with Crippen LogP contribution in [-0.2, 0) is 9.59 Å². The van der Waals surface area contributed by atoms with Gasteiger partial charge in [-0.15, -0.1) is 0 Å². The van der Waals surface area contributed by atoms with Crippen molar-refractivity contribution in [2.24, 2.45) is 47.3 Å². The molecular formula is C40H42O6. The summed E-state index contributed by atoms with van der Waals surface area (Å²) in [6.45, 7) is 0. The Morgan fingerprint density at radius 1 is 0.500 bits per heavy atom. The summed E-state index contributed by atoms with van der Waals surface area (Å²) in [4.78, 5) is 49.3. The Morgan fingerprint density at radius 2 is 0.870 bits per heavy atom. The van der Waals surface area contributed by atoms with Crippen LogP contribution < -0.4 is 0 Å². The van der Waals surface area contributed by atoms with E-state index in [2.05, 4.69) is 0 Å². The molecule has 3 aromatic carbocycles. The molecule has 0 aromatic heterocycles. The number of carbonyl (C=O) groups excluding carboxylic acids is 2. The van der Waals surface area contributed by atoms with Crippen LogP contribution in [0.5, 0.6) is 0 Å². The fourth-order valence-corrected chi connectivity index (χ4v) is 10.1. The second-order valence-electron chi connectivity index (χ2n) is 14.2. The number of rotatable bonds is 4. The van der Waals surface area contributed by atoms with Gasteiger partial charge in [-0.3, -0.25) is 9.59 Å². The van der Waals surface area contributed by atoms with Gasteiger partial charge in [-0.25, -0.2) is 9.59 Å². The molecule has 0 heterocycles. The summed E-state index contributed by atoms with van der Waals surface area (Å²) in [5.41, 5.74) is 2.25. The molecule has 0 amide bonds. The average molecular weight is 619 g/mol. The predicted octanol–water partition coefficient (Wildman–Crippen LogP) is 8.44. The molecule has 46 heavy (non-hydrogen) atoms. The number of hydrogen-bond donors (Lipinski definition) is 2. The van der Waals surface area contributed by atoms with Gasteiger partial charge in [0.05, 0.1) is 11.1 Å². The van der Waals surface area contributed by atoms with Crippen molar-refractivity contribution in [2.45, 2.75) is 64.2 Å². The lowest BCUT2D eigenvalue weighted by Gasteiger charge is -2.38. The molecule has 5 aliphatic carbocycles. The summed E-state index contributed by atoms with van der Waals surface area (Å²) in [6.07, 6.45) is 12.1. The van der Waals surface area contributed by atoms with Gasteiger partial charge in [0.25, 0.3) is 0 Å². The van der Waals surface area contributed by atoms with Gasteiger partial charge >= 0.3 is 11.9 Å². The van der Waals surface area contributed by atoms with Crippen molar-refractivity contribution in [3.8, 4) is 22.3 Å². The largest absolute Gasteiger partial charge is 0.478 e. The highest BCUT2D eigenvalue weighted by Crippen LogP contribution is 2.60. The highest BCUT2D eigenvalue weighted by atomic mass is 16.4. The molecule has 5 saturated carbocycles. The van der Waals surface area contributed by atoms with E-state index in [-0.39, 0.29) is 11.1 Å². The number of hydrogen-bond acceptors (Lipinski definition) is 4. The molecule has 6 nitrogen and oxygen atoms in total. The van der Waals surface area contributed by atoms with Crippen molar-refractivity contribution in [2.75, 3.05) is 0 Å². The van der Waals surface area contributed by atoms with Crippen molar-refractivity contribution in [3.63, 3.8) is 0 Å². The van der Waals surface area contributed by atoms with Gasteiger partial charge in [-0.2, -0.15) is 0 Å². The van der Waals surface area contributed by atoms with Gasteiger partial charge in [0, 0.05) is 23.7 Å². The van der Waals surface area contributed by atoms with Crippen LogP contribution in [0.1, 0.15) is 84.9 Å². The Morgan fingerprint density at radius 3 is 1.24 bits per heavy atom. The first kappa shape index (κ1) is 30.6. The summed E-state index contributed by atoms with van der Waals surface area (Å²) in [6, 6.07) is 20.7. The van der Waals surface area contributed by atoms with Crippen LogP contribution in [0.2, 0.25) is 0 Å². The van der Waals surface area contributed by atoms with E-state index >= 15 is 0 Å². The molecule has 8 rings (SSSR count). The molecular weight excluding hydrogens is 576 g/mol. The molecule has 5 aliphatic rings. The van der Waals surface area contributed by atoms with E-state index in [4.69, 9.17) is 0 Å². The van der Waals surface area contributed by atoms with E-state index in [1.165, 1.54) is 50.7 Å². The molecule has 0 spiro atoms. The summed E-state index contributed by atoms with van der Waals surface area (Å²) >= 11 is 0. The molecule has 0 saturated heterocycles. The second-order valence-corrected chi connectivity index (χ2v) is 14.2. The monoisotopic (exact) mass is 618 g/mol. The van der Waals surface area contributed by atoms with Crippen molar-refractivity contribution in [3.05, 3.63) is 83.9 Å². The van der Waals surface area contributed by atoms with Gasteiger partial charge in [0.15, 0.2) is 0 Å². The molecule has 0 aliphatic heterocycles. The highest BCUT2D eigenvalue weighted by Gasteiger charge is 2.60. The number of ketones is 2. The van der Waals surface area contributed by atoms with E-state index in [0.717, 1.165) is 25.7 Å². The first-order chi connectivity index (χ1) is 22.3. The maximum absolute atomic E-state index is 12.9. The number of carboxylic acids is 2. The number of Topliss-reactive ketones (excluding diaryl/α,β-unsaturated/α-hetero) is 2. The summed E-state index contributed by atoms with van der Waals surface area (Å²) in [7, 11) is 0. The first-order valence-corrected chi connectivity index (χ1v) is 17.2. The van der Waals surface area contributed by atoms with E-state index in [0.29, 0.717) is 81.2 Å². The van der Waals surface area contributed by atoms with Gasteiger partial charge < -0.3 is 10.2 Å². The molecule has 2 N–H and O–H groups in total. The Kier molecular flexibility index (Phi) is 8.39. The minimum atomic E-state index is -1.09. The molecule has 8 unspecified atom stereocenters. The van der Waals surface area contributed by atoms with Crippen LogP contribution in [0.15, 0.2) is 72.8 Å². The number of carbonyl (C=O) groups is 4. The van der Waals surface area contributed by atoms with E-state index in [9.17, 15) is 29.4 Å². The number of benzene rings is 3. The molecule has 8 atom stereocenters. The second kappa shape index (κ2) is 12.6. The zero-order valence-corrected chi connectivity index (χ0v) is 26.1. The van der Waals surface area contributed by atoms with Crippen LogP contribution in [0, 0.1) is 47.3 Å². The lowest BCUT2D eigenvalue weighted by atomic mass is 9.65. The molecule has 0 radical (unpaired) electrons. The Hall–Kier alpha value is -4.06. The summed E-state index contributed by atoms with van der Waals surface area (Å²) in [5, 5.41) is 19.2. The lowest BCUT2D eigenvalue weighted by molar-refractivity contribution is -0.129. The standard InChI is InChI=1S/C20H14O4.C20H28O2/c21-19(22)17-12-16(14-9-5-2-6-10-14)18(20(23)24)11-15(17)13-7-3-1-4-8-13;21-19-13-7-3-1-5-11(13)15-9-18-16(10-17(15)19)12-6-2-4-8-14(12)20(18)22/h1-12H,(H,21,22)(H,23,24);11-18H,1-10H2. The first-order valence-electron chi connectivity index (χ1n) is 17.2. The van der Waals surface area contributed by atoms with Crippen LogP contribution in [0.25, 0.3) is 22.3 Å². The summed E-state index contributed by atoms with van der Waals surface area (Å²) < 4.78 is 0. The lowest BCUT2D eigenvalue weighted by Crippen LogP contribution is -2.35. The topological polar surface area (TPSA) is 109 Å². The van der Waals surface area contributed by atoms with E-state index in [1.807, 2.05) is 12.1 Å². The third kappa shape index (κ3) is 5.40. The zero-order valence-electron chi connectivity index (χ0n) is 26.1. The van der Waals surface area contributed by atoms with Crippen molar-refractivity contribution < 1.29 is 29.4 Å². The summed E-state index contributed by atoms with van der Waals surface area (Å²) in [5.74, 6) is 2.88. The predicted molar refractivity (Wildman–Crippen MR) is 175 cm³/mol. The van der Waals surface area contributed by atoms with Gasteiger partial charge in [0.2, 0.25) is 0 Å². The van der Waals surface area contributed by atoms with Gasteiger partial charge in [-0.05, 0) is 96.6 Å². The molecule has 5 fully saturated rings. The average Bonchev–Trinajstić information content (AvgIpc) is 3.54. The van der Waals surface area contributed by atoms with Crippen molar-refractivity contribution in [1.29, 1.82) is 0 Å². The third-order valence-corrected chi connectivity index (χ3v) is 12.1. The smallest absolute Gasteiger partial charge is 0.336 e. The normalized spacial score (nSPS) is 31.0. The van der Waals surface area contributed by atoms with Crippen molar-refractivity contribution in [1.82, 2.24) is 0 Å². The fourth-order valence-electron chi connectivity index (χ4n) is 10.1. The molecule has 0 bridgehead atoms. The zero-order chi connectivity index (χ0) is 31.9. The van der Waals surface area contributed by atoms with E-state index in [1.54, 1.807) is 48.5 Å². The highest BCUT2D eigenvalue weighted by molar-refractivity contribution is 6.04. The van der Waals surface area contributed by atoms with Crippen LogP contribution in [0.4, 0.5) is 0 Å². The fraction of sp³-hybridized carbons (Fsp3) is 0.450. The van der Waals surface area contributed by atoms with E-state index < -0.39 is 11.9 Å². The Bertz CT molecular complexity index is 1520. The maximum Gasteiger partial charge on any atom is 0.336 e.